The Hall–Kier alpha value is -1.27. The first-order valence-corrected chi connectivity index (χ1v) is 6.38. The molecule has 0 saturated heterocycles. The lowest BCUT2D eigenvalue weighted by molar-refractivity contribution is 0.518. The van der Waals surface area contributed by atoms with Crippen molar-refractivity contribution in [3.63, 3.8) is 0 Å². The Bertz CT molecular complexity index is 541. The van der Waals surface area contributed by atoms with Crippen LogP contribution in [0.1, 0.15) is 24.4 Å². The van der Waals surface area contributed by atoms with E-state index in [1.54, 1.807) is 17.1 Å². The molecule has 0 aliphatic heterocycles. The summed E-state index contributed by atoms with van der Waals surface area (Å²) in [5.74, 6) is 0.472. The van der Waals surface area contributed by atoms with Gasteiger partial charge < -0.3 is 5.32 Å². The largest absolute Gasteiger partial charge is 0.303 e. The van der Waals surface area contributed by atoms with Gasteiger partial charge >= 0.3 is 0 Å². The summed E-state index contributed by atoms with van der Waals surface area (Å²) in [6, 6.07) is 4.97. The minimum Gasteiger partial charge on any atom is -0.303 e. The van der Waals surface area contributed by atoms with Crippen LogP contribution in [-0.4, -0.2) is 14.8 Å². The third-order valence-electron chi connectivity index (χ3n) is 2.64. The van der Waals surface area contributed by atoms with Gasteiger partial charge in [-0.05, 0) is 19.1 Å². The smallest absolute Gasteiger partial charge is 0.164 e. The molecule has 0 spiro atoms. The van der Waals surface area contributed by atoms with Gasteiger partial charge in [0.2, 0.25) is 0 Å². The molecule has 0 aliphatic carbocycles. The second-order valence-electron chi connectivity index (χ2n) is 4.10. The van der Waals surface area contributed by atoms with Gasteiger partial charge in [-0.25, -0.2) is 9.37 Å². The van der Waals surface area contributed by atoms with Gasteiger partial charge in [-0.1, -0.05) is 22.0 Å². The first-order chi connectivity index (χ1) is 8.56. The van der Waals surface area contributed by atoms with Crippen molar-refractivity contribution >= 4 is 15.9 Å². The van der Waals surface area contributed by atoms with Crippen molar-refractivity contribution in [2.75, 3.05) is 0 Å². The van der Waals surface area contributed by atoms with Crippen LogP contribution in [0.4, 0.5) is 4.39 Å². The number of nitrogens with zero attached hydrogens (tertiary/aromatic N) is 3. The Kier molecular flexibility index (Phi) is 4.08. The van der Waals surface area contributed by atoms with E-state index in [4.69, 9.17) is 0 Å². The molecule has 6 heteroatoms. The van der Waals surface area contributed by atoms with Crippen LogP contribution in [0.2, 0.25) is 0 Å². The average Bonchev–Trinajstić information content (AvgIpc) is 2.72. The van der Waals surface area contributed by atoms with Gasteiger partial charge in [0.1, 0.15) is 12.1 Å². The van der Waals surface area contributed by atoms with Crippen LogP contribution in [0.25, 0.3) is 0 Å². The zero-order valence-electron chi connectivity index (χ0n) is 10.2. The van der Waals surface area contributed by atoms with Crippen LogP contribution in [0, 0.1) is 5.82 Å². The molecule has 1 N–H and O–H groups in total. The van der Waals surface area contributed by atoms with Crippen LogP contribution in [0.15, 0.2) is 29.0 Å². The van der Waals surface area contributed by atoms with E-state index >= 15 is 0 Å². The highest BCUT2D eigenvalue weighted by atomic mass is 79.9. The Labute approximate surface area is 113 Å². The number of rotatable bonds is 4. The summed E-state index contributed by atoms with van der Waals surface area (Å²) in [5.41, 5.74) is 0.633. The molecule has 2 rings (SSSR count). The molecule has 1 aromatic carbocycles. The van der Waals surface area contributed by atoms with E-state index in [2.05, 4.69) is 31.3 Å². The molecule has 1 aromatic heterocycles. The normalized spacial score (nSPS) is 12.7. The second kappa shape index (κ2) is 5.58. The summed E-state index contributed by atoms with van der Waals surface area (Å²) >= 11 is 3.24. The number of halogens is 2. The van der Waals surface area contributed by atoms with E-state index in [-0.39, 0.29) is 11.9 Å². The Morgan fingerprint density at radius 1 is 1.50 bits per heavy atom. The molecule has 0 aliphatic rings. The van der Waals surface area contributed by atoms with E-state index in [0.29, 0.717) is 17.9 Å². The van der Waals surface area contributed by atoms with Crippen LogP contribution < -0.4 is 5.32 Å². The van der Waals surface area contributed by atoms with Gasteiger partial charge in [0.25, 0.3) is 0 Å². The predicted molar refractivity (Wildman–Crippen MR) is 70.4 cm³/mol. The summed E-state index contributed by atoms with van der Waals surface area (Å²) in [6.45, 7) is 2.42. The van der Waals surface area contributed by atoms with E-state index in [1.165, 1.54) is 6.07 Å². The Morgan fingerprint density at radius 3 is 2.89 bits per heavy atom. The number of hydrogen-bond acceptors (Lipinski definition) is 3. The van der Waals surface area contributed by atoms with Crippen LogP contribution in [0.3, 0.4) is 0 Å². The van der Waals surface area contributed by atoms with Crippen molar-refractivity contribution in [3.8, 4) is 0 Å². The maximum absolute atomic E-state index is 13.7. The zero-order valence-corrected chi connectivity index (χ0v) is 11.8. The average molecular weight is 313 g/mol. The molecule has 1 heterocycles. The van der Waals surface area contributed by atoms with Crippen LogP contribution >= 0.6 is 15.9 Å². The summed E-state index contributed by atoms with van der Waals surface area (Å²) < 4.78 is 16.1. The fraction of sp³-hybridized carbons (Fsp3) is 0.333. The van der Waals surface area contributed by atoms with Gasteiger partial charge in [-0.3, -0.25) is 4.68 Å². The standard InChI is InChI=1S/C12H14BrFN4/c1-8(10-4-3-9(13)5-11(10)14)15-6-12-16-7-18(2)17-12/h3-5,7-8,15H,6H2,1-2H3. The van der Waals surface area contributed by atoms with Crippen molar-refractivity contribution in [2.24, 2.45) is 7.05 Å². The maximum atomic E-state index is 13.7. The van der Waals surface area contributed by atoms with Crippen LogP contribution in [0.5, 0.6) is 0 Å². The van der Waals surface area contributed by atoms with Crippen molar-refractivity contribution < 1.29 is 4.39 Å². The molecular weight excluding hydrogens is 299 g/mol. The molecule has 4 nitrogen and oxygen atoms in total. The van der Waals surface area contributed by atoms with Crippen molar-refractivity contribution in [1.82, 2.24) is 20.1 Å². The molecule has 1 atom stereocenters. The zero-order chi connectivity index (χ0) is 13.1. The number of benzene rings is 1. The Balaban J connectivity index is 2.01. The number of hydrogen-bond donors (Lipinski definition) is 1. The van der Waals surface area contributed by atoms with Gasteiger partial charge in [-0.2, -0.15) is 5.10 Å². The third kappa shape index (κ3) is 3.14. The lowest BCUT2D eigenvalue weighted by atomic mass is 10.1. The maximum Gasteiger partial charge on any atom is 0.164 e. The minimum atomic E-state index is -0.224. The second-order valence-corrected chi connectivity index (χ2v) is 5.02. The van der Waals surface area contributed by atoms with Gasteiger partial charge in [0, 0.05) is 23.1 Å². The van der Waals surface area contributed by atoms with E-state index < -0.39 is 0 Å². The quantitative estimate of drug-likeness (QED) is 0.943. The molecule has 0 saturated carbocycles. The summed E-state index contributed by atoms with van der Waals surface area (Å²) in [6.07, 6.45) is 1.64. The predicted octanol–water partition coefficient (Wildman–Crippen LogP) is 2.57. The fourth-order valence-electron chi connectivity index (χ4n) is 1.67. The highest BCUT2D eigenvalue weighted by molar-refractivity contribution is 9.10. The molecule has 2 aromatic rings. The molecule has 96 valence electrons. The summed E-state index contributed by atoms with van der Waals surface area (Å²) in [7, 11) is 1.81. The van der Waals surface area contributed by atoms with Gasteiger partial charge in [-0.15, -0.1) is 0 Å². The first-order valence-electron chi connectivity index (χ1n) is 5.59. The molecule has 1 unspecified atom stereocenters. The number of aromatic nitrogens is 3. The molecule has 0 bridgehead atoms. The molecule has 0 radical (unpaired) electrons. The minimum absolute atomic E-state index is 0.0955. The monoisotopic (exact) mass is 312 g/mol. The lowest BCUT2D eigenvalue weighted by Gasteiger charge is -2.14. The topological polar surface area (TPSA) is 42.7 Å². The highest BCUT2D eigenvalue weighted by Crippen LogP contribution is 2.20. The highest BCUT2D eigenvalue weighted by Gasteiger charge is 2.11. The fourth-order valence-corrected chi connectivity index (χ4v) is 2.01. The Morgan fingerprint density at radius 2 is 2.28 bits per heavy atom. The lowest BCUT2D eigenvalue weighted by Crippen LogP contribution is -2.20. The molecule has 18 heavy (non-hydrogen) atoms. The molecular formula is C12H14BrFN4. The number of aryl methyl sites for hydroxylation is 1. The molecule has 0 amide bonds. The van der Waals surface area contributed by atoms with E-state index in [0.717, 1.165) is 4.47 Å². The number of nitrogens with one attached hydrogen (secondary N) is 1. The first kappa shape index (κ1) is 13.2. The van der Waals surface area contributed by atoms with Gasteiger partial charge in [0.05, 0.1) is 6.54 Å². The van der Waals surface area contributed by atoms with Crippen molar-refractivity contribution in [3.05, 3.63) is 46.2 Å². The summed E-state index contributed by atoms with van der Waals surface area (Å²) in [5, 5.41) is 7.35. The molecule has 0 fully saturated rings. The van der Waals surface area contributed by atoms with Crippen LogP contribution in [-0.2, 0) is 13.6 Å². The van der Waals surface area contributed by atoms with E-state index in [1.807, 2.05) is 20.0 Å². The third-order valence-corrected chi connectivity index (χ3v) is 3.14. The summed E-state index contributed by atoms with van der Waals surface area (Å²) in [4.78, 5) is 4.11. The van der Waals surface area contributed by atoms with Crippen molar-refractivity contribution in [2.45, 2.75) is 19.5 Å². The SMILES string of the molecule is CC(NCc1ncn(C)n1)c1ccc(Br)cc1F. The van der Waals surface area contributed by atoms with Crippen molar-refractivity contribution in [1.29, 1.82) is 0 Å². The van der Waals surface area contributed by atoms with E-state index in [9.17, 15) is 4.39 Å². The van der Waals surface area contributed by atoms with Gasteiger partial charge in [0.15, 0.2) is 5.82 Å².